The molecule has 1 amide bonds. The third kappa shape index (κ3) is 4.04. The molecule has 0 saturated carbocycles. The number of benzene rings is 3. The van der Waals surface area contributed by atoms with Crippen LogP contribution in [0.4, 0.5) is 5.69 Å². The summed E-state index contributed by atoms with van der Waals surface area (Å²) in [4.78, 5) is 18.0. The summed E-state index contributed by atoms with van der Waals surface area (Å²) in [7, 11) is 0. The van der Waals surface area contributed by atoms with Gasteiger partial charge in [-0.2, -0.15) is 0 Å². The molecule has 5 rings (SSSR count). The van der Waals surface area contributed by atoms with Crippen molar-refractivity contribution in [2.75, 3.05) is 5.32 Å². The Balaban J connectivity index is 1.44. The second-order valence-corrected chi connectivity index (χ2v) is 9.14. The molecule has 0 spiro atoms. The molecule has 0 aliphatic carbocycles. The molecule has 1 atom stereocenters. The van der Waals surface area contributed by atoms with Crippen molar-refractivity contribution >= 4 is 56.2 Å². The van der Waals surface area contributed by atoms with E-state index >= 15 is 0 Å². The Kier molecular flexibility index (Phi) is 5.96. The lowest BCUT2D eigenvalue weighted by molar-refractivity contribution is -0.115. The van der Waals surface area contributed by atoms with Crippen LogP contribution in [0.5, 0.6) is 0 Å². The molecule has 0 aliphatic rings. The summed E-state index contributed by atoms with van der Waals surface area (Å²) in [5.74, 6) is -0.0587. The smallest absolute Gasteiger partial charge is 0.237 e. The minimum Gasteiger partial charge on any atom is -0.325 e. The van der Waals surface area contributed by atoms with E-state index in [1.165, 1.54) is 11.8 Å². The molecule has 0 aliphatic heterocycles. The Morgan fingerprint density at radius 2 is 1.73 bits per heavy atom. The number of amides is 1. The molecule has 5 aromatic rings. The summed E-state index contributed by atoms with van der Waals surface area (Å²) >= 11 is 1.36. The Bertz CT molecular complexity index is 1460. The molecular weight excluding hydrogens is 430 g/mol. The summed E-state index contributed by atoms with van der Waals surface area (Å²) in [6, 6.07) is 22.2. The molecule has 0 fully saturated rings. The zero-order valence-electron chi connectivity index (χ0n) is 18.7. The van der Waals surface area contributed by atoms with Crippen molar-refractivity contribution in [2.45, 2.75) is 43.6 Å². The van der Waals surface area contributed by atoms with Gasteiger partial charge in [-0.05, 0) is 30.4 Å². The molecule has 0 saturated heterocycles. The van der Waals surface area contributed by atoms with E-state index in [-0.39, 0.29) is 11.2 Å². The van der Waals surface area contributed by atoms with Crippen LogP contribution in [-0.4, -0.2) is 30.9 Å². The van der Waals surface area contributed by atoms with Crippen molar-refractivity contribution in [1.29, 1.82) is 0 Å². The van der Waals surface area contributed by atoms with Gasteiger partial charge in [0.25, 0.3) is 0 Å². The van der Waals surface area contributed by atoms with Crippen LogP contribution in [0.15, 0.2) is 71.9 Å². The van der Waals surface area contributed by atoms with E-state index in [2.05, 4.69) is 39.1 Å². The van der Waals surface area contributed by atoms with Gasteiger partial charge in [-0.1, -0.05) is 80.2 Å². The van der Waals surface area contributed by atoms with Gasteiger partial charge >= 0.3 is 0 Å². The molecule has 2 heterocycles. The molecule has 0 radical (unpaired) electrons. The van der Waals surface area contributed by atoms with E-state index in [1.807, 2.05) is 61.5 Å². The highest BCUT2D eigenvalue weighted by atomic mass is 32.2. The quantitative estimate of drug-likeness (QED) is 0.302. The summed E-state index contributed by atoms with van der Waals surface area (Å²) in [5, 5.41) is 15.3. The van der Waals surface area contributed by atoms with Crippen LogP contribution in [0.25, 0.3) is 32.8 Å². The molecule has 0 unspecified atom stereocenters. The van der Waals surface area contributed by atoms with E-state index in [4.69, 9.17) is 4.98 Å². The number of carbonyl (C=O) groups excluding carboxylic acids is 1. The summed E-state index contributed by atoms with van der Waals surface area (Å²) < 4.78 is 2.19. The maximum atomic E-state index is 13.2. The van der Waals surface area contributed by atoms with E-state index in [0.717, 1.165) is 51.5 Å². The van der Waals surface area contributed by atoms with Gasteiger partial charge < -0.3 is 9.88 Å². The highest BCUT2D eigenvalue weighted by Crippen LogP contribution is 2.30. The number of aryl methyl sites for hydroxylation is 1. The first kappa shape index (κ1) is 21.4. The van der Waals surface area contributed by atoms with Gasteiger partial charge in [0, 0.05) is 23.0 Å². The first-order valence-corrected chi connectivity index (χ1v) is 12.1. The van der Waals surface area contributed by atoms with E-state index in [0.29, 0.717) is 11.6 Å². The first-order valence-electron chi connectivity index (χ1n) is 11.3. The van der Waals surface area contributed by atoms with Gasteiger partial charge in [-0.15, -0.1) is 10.2 Å². The fourth-order valence-electron chi connectivity index (χ4n) is 4.19. The van der Waals surface area contributed by atoms with Crippen LogP contribution in [0, 0.1) is 0 Å². The fourth-order valence-corrected chi connectivity index (χ4v) is 5.00. The van der Waals surface area contributed by atoms with Crippen molar-refractivity contribution < 1.29 is 4.79 Å². The molecule has 166 valence electrons. The average molecular weight is 456 g/mol. The Labute approximate surface area is 196 Å². The van der Waals surface area contributed by atoms with Crippen molar-refractivity contribution in [1.82, 2.24) is 19.7 Å². The Morgan fingerprint density at radius 3 is 2.55 bits per heavy atom. The van der Waals surface area contributed by atoms with E-state index in [1.54, 1.807) is 0 Å². The van der Waals surface area contributed by atoms with Gasteiger partial charge in [-0.3, -0.25) is 4.79 Å². The summed E-state index contributed by atoms with van der Waals surface area (Å²) in [6.07, 6.45) is 1.64. The number of hydrogen-bond acceptors (Lipinski definition) is 5. The minimum atomic E-state index is -0.327. The third-order valence-corrected chi connectivity index (χ3v) is 6.98. The maximum Gasteiger partial charge on any atom is 0.237 e. The van der Waals surface area contributed by atoms with Gasteiger partial charge in [0.2, 0.25) is 11.1 Å². The zero-order valence-corrected chi connectivity index (χ0v) is 19.5. The number of hydrogen-bond donors (Lipinski definition) is 1. The highest BCUT2D eigenvalue weighted by Gasteiger charge is 2.22. The minimum absolute atomic E-state index is 0.0587. The molecule has 0 bridgehead atoms. The second kappa shape index (κ2) is 9.19. The largest absolute Gasteiger partial charge is 0.325 e. The van der Waals surface area contributed by atoms with Gasteiger partial charge in [0.05, 0.1) is 10.8 Å². The van der Waals surface area contributed by atoms with Gasteiger partial charge in [0.1, 0.15) is 5.52 Å². The summed E-state index contributed by atoms with van der Waals surface area (Å²) in [6.45, 7) is 5.00. The van der Waals surface area contributed by atoms with Crippen LogP contribution in [0.2, 0.25) is 0 Å². The normalized spacial score (nSPS) is 12.4. The lowest BCUT2D eigenvalue weighted by atomic mass is 10.1. The first-order chi connectivity index (χ1) is 16.2. The summed E-state index contributed by atoms with van der Waals surface area (Å²) in [5.41, 5.74) is 3.55. The molecule has 6 nitrogen and oxygen atoms in total. The number of nitrogens with one attached hydrogen (secondary N) is 1. The molecule has 2 aromatic heterocycles. The van der Waals surface area contributed by atoms with Crippen LogP contribution >= 0.6 is 11.8 Å². The fraction of sp³-hybridized carbons (Fsp3) is 0.231. The number of carbonyl (C=O) groups is 1. The third-order valence-electron chi connectivity index (χ3n) is 5.76. The maximum absolute atomic E-state index is 13.2. The lowest BCUT2D eigenvalue weighted by Gasteiger charge is -2.15. The van der Waals surface area contributed by atoms with Crippen molar-refractivity contribution in [3.63, 3.8) is 0 Å². The van der Waals surface area contributed by atoms with Crippen molar-refractivity contribution in [3.8, 4) is 0 Å². The molecule has 33 heavy (non-hydrogen) atoms. The Hall–Kier alpha value is -3.45. The average Bonchev–Trinajstić information content (AvgIpc) is 3.16. The second-order valence-electron chi connectivity index (χ2n) is 7.97. The standard InChI is InChI=1S/C26H25N5OS/c1-3-16-31-21-15-8-7-13-19(21)23-24(31)28-26(30-29-23)33-22(4-2)25(32)27-20-14-9-11-17-10-5-6-12-18(17)20/h5-15,22H,3-4,16H2,1-2H3,(H,27,32)/t22-/m1/s1. The predicted octanol–water partition coefficient (Wildman–Crippen LogP) is 6.05. The monoisotopic (exact) mass is 455 g/mol. The SMILES string of the molecule is CCCn1c2ccccc2c2nnc(S[C@H](CC)C(=O)Nc3cccc4ccccc34)nc21. The van der Waals surface area contributed by atoms with Gasteiger partial charge in [-0.25, -0.2) is 4.98 Å². The Morgan fingerprint density at radius 1 is 0.970 bits per heavy atom. The topological polar surface area (TPSA) is 72.7 Å². The number of anilines is 1. The van der Waals surface area contributed by atoms with Gasteiger partial charge in [0.15, 0.2) is 5.65 Å². The molecule has 1 N–H and O–H groups in total. The number of rotatable bonds is 7. The van der Waals surface area contributed by atoms with Crippen LogP contribution in [0.1, 0.15) is 26.7 Å². The van der Waals surface area contributed by atoms with Crippen LogP contribution in [-0.2, 0) is 11.3 Å². The lowest BCUT2D eigenvalue weighted by Crippen LogP contribution is -2.25. The van der Waals surface area contributed by atoms with E-state index in [9.17, 15) is 4.79 Å². The van der Waals surface area contributed by atoms with Crippen molar-refractivity contribution in [3.05, 3.63) is 66.7 Å². The predicted molar refractivity (Wildman–Crippen MR) is 136 cm³/mol. The zero-order chi connectivity index (χ0) is 22.8. The number of para-hydroxylation sites is 1. The number of thioether (sulfide) groups is 1. The number of nitrogens with zero attached hydrogens (tertiary/aromatic N) is 4. The van der Waals surface area contributed by atoms with E-state index < -0.39 is 0 Å². The van der Waals surface area contributed by atoms with Crippen LogP contribution in [0.3, 0.4) is 0 Å². The molecule has 7 heteroatoms. The van der Waals surface area contributed by atoms with Crippen molar-refractivity contribution in [2.24, 2.45) is 0 Å². The number of fused-ring (bicyclic) bond motifs is 4. The van der Waals surface area contributed by atoms with Crippen LogP contribution < -0.4 is 5.32 Å². The molecule has 3 aromatic carbocycles. The highest BCUT2D eigenvalue weighted by molar-refractivity contribution is 8.00. The molecular formula is C26H25N5OS. The number of aromatic nitrogens is 4.